The van der Waals surface area contributed by atoms with Crippen molar-refractivity contribution in [1.82, 2.24) is 4.57 Å². The van der Waals surface area contributed by atoms with E-state index < -0.39 is 22.5 Å². The third kappa shape index (κ3) is 4.48. The van der Waals surface area contributed by atoms with Crippen LogP contribution < -0.4 is 14.9 Å². The van der Waals surface area contributed by atoms with Crippen LogP contribution in [0.4, 0.5) is 5.69 Å². The summed E-state index contributed by atoms with van der Waals surface area (Å²) < 4.78 is 12.9. The molecule has 0 radical (unpaired) electrons. The van der Waals surface area contributed by atoms with Crippen LogP contribution in [0.5, 0.6) is 0 Å². The molecule has 0 amide bonds. The second kappa shape index (κ2) is 10.2. The minimum Gasteiger partial charge on any atom is -0.463 e. The molecule has 1 aliphatic rings. The normalized spacial score (nSPS) is 15.2. The summed E-state index contributed by atoms with van der Waals surface area (Å²) in [5.74, 6) is 0.0535. The lowest BCUT2D eigenvalue weighted by atomic mass is 9.96. The van der Waals surface area contributed by atoms with E-state index in [2.05, 4.69) is 4.99 Å². The number of nitrogens with zero attached hydrogens (tertiary/aromatic N) is 3. The first-order valence-electron chi connectivity index (χ1n) is 11.6. The van der Waals surface area contributed by atoms with Gasteiger partial charge in [-0.1, -0.05) is 53.3 Å². The molecular formula is C27H20ClN3O6S. The molecule has 0 unspecified atom stereocenters. The largest absolute Gasteiger partial charge is 0.463 e. The molecule has 3 heterocycles. The molecule has 0 N–H and O–H groups in total. The third-order valence-corrected chi connectivity index (χ3v) is 7.31. The fourth-order valence-electron chi connectivity index (χ4n) is 4.33. The van der Waals surface area contributed by atoms with Gasteiger partial charge in [0.2, 0.25) is 0 Å². The van der Waals surface area contributed by atoms with E-state index in [-0.39, 0.29) is 17.9 Å². The van der Waals surface area contributed by atoms with E-state index in [1.54, 1.807) is 74.5 Å². The zero-order chi connectivity index (χ0) is 27.0. The first-order chi connectivity index (χ1) is 18.3. The Morgan fingerprint density at radius 3 is 2.68 bits per heavy atom. The van der Waals surface area contributed by atoms with Gasteiger partial charge in [-0.05, 0) is 43.7 Å². The molecule has 1 aliphatic heterocycles. The van der Waals surface area contributed by atoms with Crippen molar-refractivity contribution < 1.29 is 18.9 Å². The van der Waals surface area contributed by atoms with Crippen LogP contribution >= 0.6 is 22.9 Å². The summed E-state index contributed by atoms with van der Waals surface area (Å²) in [6.07, 6.45) is 1.55. The number of aromatic nitrogens is 1. The van der Waals surface area contributed by atoms with Crippen LogP contribution in [0.1, 0.15) is 31.2 Å². The molecule has 4 aromatic rings. The number of ether oxygens (including phenoxy) is 1. The Balaban J connectivity index is 1.65. The Morgan fingerprint density at radius 2 is 1.95 bits per heavy atom. The molecule has 5 rings (SSSR count). The van der Waals surface area contributed by atoms with Crippen molar-refractivity contribution in [3.63, 3.8) is 0 Å². The quantitative estimate of drug-likeness (QED) is 0.197. The second-order valence-electron chi connectivity index (χ2n) is 8.30. The highest BCUT2D eigenvalue weighted by Gasteiger charge is 2.34. The lowest BCUT2D eigenvalue weighted by Gasteiger charge is -2.25. The minimum atomic E-state index is -0.833. The van der Waals surface area contributed by atoms with Crippen molar-refractivity contribution in [1.29, 1.82) is 0 Å². The molecule has 2 aromatic heterocycles. The molecule has 0 saturated carbocycles. The van der Waals surface area contributed by atoms with Gasteiger partial charge in [0.25, 0.3) is 11.2 Å². The summed E-state index contributed by atoms with van der Waals surface area (Å²) in [6, 6.07) is 15.7. The summed E-state index contributed by atoms with van der Waals surface area (Å²) in [4.78, 5) is 42.5. The summed E-state index contributed by atoms with van der Waals surface area (Å²) in [7, 11) is 0. The van der Waals surface area contributed by atoms with E-state index in [4.69, 9.17) is 20.8 Å². The van der Waals surface area contributed by atoms with E-state index in [0.29, 0.717) is 42.7 Å². The second-order valence-corrected chi connectivity index (χ2v) is 9.72. The van der Waals surface area contributed by atoms with Crippen molar-refractivity contribution in [2.24, 2.45) is 4.99 Å². The average Bonchev–Trinajstić information content (AvgIpc) is 3.48. The molecule has 0 fully saturated rings. The van der Waals surface area contributed by atoms with Crippen molar-refractivity contribution in [3.05, 3.63) is 118 Å². The van der Waals surface area contributed by atoms with Crippen molar-refractivity contribution in [3.8, 4) is 11.3 Å². The van der Waals surface area contributed by atoms with E-state index in [1.165, 1.54) is 10.6 Å². The van der Waals surface area contributed by atoms with E-state index >= 15 is 0 Å². The summed E-state index contributed by atoms with van der Waals surface area (Å²) in [5, 5.41) is 11.8. The molecule has 0 spiro atoms. The van der Waals surface area contributed by atoms with Gasteiger partial charge in [-0.15, -0.1) is 0 Å². The van der Waals surface area contributed by atoms with Crippen molar-refractivity contribution in [2.45, 2.75) is 19.9 Å². The number of nitro benzene ring substituents is 1. The Labute approximate surface area is 224 Å². The minimum absolute atomic E-state index is 0.0884. The number of halogens is 1. The number of carbonyl (C=O) groups is 1. The standard InChI is InChI=1S/C27H20ClN3O6S/c1-3-36-26(33)23-15(2)29-27-30(24(23)17-8-4-6-10-19(17)28)25(32)22(38-27)14-16-12-13-21(37-16)18-9-5-7-11-20(18)31(34)35/h4-14,24H,3H2,1-2H3/b22-14-/t24-/m1/s1. The number of hydrogen-bond acceptors (Lipinski definition) is 8. The predicted octanol–water partition coefficient (Wildman–Crippen LogP) is 4.62. The van der Waals surface area contributed by atoms with Gasteiger partial charge in [-0.2, -0.15) is 0 Å². The summed E-state index contributed by atoms with van der Waals surface area (Å²) in [5.41, 5.74) is 1.07. The highest BCUT2D eigenvalue weighted by atomic mass is 35.5. The number of hydrogen-bond donors (Lipinski definition) is 0. The predicted molar refractivity (Wildman–Crippen MR) is 143 cm³/mol. The number of thiazole rings is 1. The van der Waals surface area contributed by atoms with Crippen LogP contribution in [0.15, 0.2) is 86.1 Å². The molecule has 2 aromatic carbocycles. The topological polar surface area (TPSA) is 117 Å². The maximum Gasteiger partial charge on any atom is 0.338 e. The fourth-order valence-corrected chi connectivity index (χ4v) is 5.59. The van der Waals surface area contributed by atoms with Crippen LogP contribution in [0.2, 0.25) is 5.02 Å². The molecule has 0 saturated heterocycles. The Hall–Kier alpha value is -4.28. The number of carbonyl (C=O) groups excluding carboxylic acids is 1. The zero-order valence-corrected chi connectivity index (χ0v) is 21.8. The van der Waals surface area contributed by atoms with Crippen LogP contribution in [0, 0.1) is 10.1 Å². The maximum absolute atomic E-state index is 13.7. The number of esters is 1. The Kier molecular flexibility index (Phi) is 6.83. The number of allylic oxidation sites excluding steroid dienone is 1. The molecule has 1 atom stereocenters. The van der Waals surface area contributed by atoms with Gasteiger partial charge >= 0.3 is 5.97 Å². The van der Waals surface area contributed by atoms with Gasteiger partial charge in [0.05, 0.1) is 32.9 Å². The highest BCUT2D eigenvalue weighted by molar-refractivity contribution is 7.07. The Bertz CT molecular complexity index is 1800. The summed E-state index contributed by atoms with van der Waals surface area (Å²) in [6.45, 7) is 3.56. The molecule has 192 valence electrons. The summed E-state index contributed by atoms with van der Waals surface area (Å²) >= 11 is 7.65. The smallest absolute Gasteiger partial charge is 0.338 e. The first kappa shape index (κ1) is 25.4. The van der Waals surface area contributed by atoms with Crippen LogP contribution in [0.25, 0.3) is 17.4 Å². The molecule has 0 bridgehead atoms. The van der Waals surface area contributed by atoms with Crippen LogP contribution in [0.3, 0.4) is 0 Å². The van der Waals surface area contributed by atoms with Crippen molar-refractivity contribution >= 4 is 40.7 Å². The van der Waals surface area contributed by atoms with Crippen LogP contribution in [-0.4, -0.2) is 22.1 Å². The number of nitro groups is 1. The average molecular weight is 550 g/mol. The van der Waals surface area contributed by atoms with Gasteiger partial charge in [0.15, 0.2) is 4.80 Å². The van der Waals surface area contributed by atoms with Gasteiger partial charge in [0.1, 0.15) is 17.6 Å². The number of furan rings is 1. The zero-order valence-electron chi connectivity index (χ0n) is 20.2. The maximum atomic E-state index is 13.7. The van der Waals surface area contributed by atoms with E-state index in [1.807, 2.05) is 0 Å². The molecule has 0 aliphatic carbocycles. The van der Waals surface area contributed by atoms with Gasteiger partial charge < -0.3 is 9.15 Å². The number of fused-ring (bicyclic) bond motifs is 1. The van der Waals surface area contributed by atoms with Crippen LogP contribution in [-0.2, 0) is 9.53 Å². The van der Waals surface area contributed by atoms with Gasteiger partial charge in [0, 0.05) is 17.2 Å². The number of rotatable bonds is 6. The fraction of sp³-hybridized carbons (Fsp3) is 0.148. The Morgan fingerprint density at radius 1 is 1.21 bits per heavy atom. The molecule has 11 heteroatoms. The third-order valence-electron chi connectivity index (χ3n) is 5.98. The lowest BCUT2D eigenvalue weighted by molar-refractivity contribution is -0.384. The van der Waals surface area contributed by atoms with E-state index in [0.717, 1.165) is 11.3 Å². The molecular weight excluding hydrogens is 530 g/mol. The molecule has 38 heavy (non-hydrogen) atoms. The monoisotopic (exact) mass is 549 g/mol. The van der Waals surface area contributed by atoms with Gasteiger partial charge in [-0.3, -0.25) is 19.5 Å². The first-order valence-corrected chi connectivity index (χ1v) is 12.8. The number of para-hydroxylation sites is 1. The van der Waals surface area contributed by atoms with Crippen molar-refractivity contribution in [2.75, 3.05) is 6.61 Å². The lowest BCUT2D eigenvalue weighted by Crippen LogP contribution is -2.40. The highest BCUT2D eigenvalue weighted by Crippen LogP contribution is 2.34. The molecule has 9 nitrogen and oxygen atoms in total. The van der Waals surface area contributed by atoms with Gasteiger partial charge in [-0.25, -0.2) is 9.79 Å². The SMILES string of the molecule is CCOC(=O)C1=C(C)N=c2s/c(=C\c3ccc(-c4ccccc4[N+](=O)[O-])o3)c(=O)n2[C@@H]1c1ccccc1Cl. The number of benzene rings is 2. The van der Waals surface area contributed by atoms with E-state index in [9.17, 15) is 19.7 Å².